The van der Waals surface area contributed by atoms with Gasteiger partial charge >= 0.3 is 6.09 Å². The van der Waals surface area contributed by atoms with Gasteiger partial charge in [-0.2, -0.15) is 0 Å². The molecule has 7 nitrogen and oxygen atoms in total. The van der Waals surface area contributed by atoms with E-state index in [-0.39, 0.29) is 12.6 Å². The van der Waals surface area contributed by atoms with Crippen LogP contribution in [0.3, 0.4) is 0 Å². The van der Waals surface area contributed by atoms with Gasteiger partial charge in [0.2, 0.25) is 5.91 Å². The molecule has 2 N–H and O–H groups in total. The van der Waals surface area contributed by atoms with Gasteiger partial charge in [0.05, 0.1) is 0 Å². The second-order valence-electron chi connectivity index (χ2n) is 9.64. The number of carbonyl (C=O) groups is 3. The fourth-order valence-corrected chi connectivity index (χ4v) is 3.77. The molecule has 0 saturated heterocycles. The first-order valence-electron chi connectivity index (χ1n) is 11.6. The van der Waals surface area contributed by atoms with Crippen LogP contribution in [0.15, 0.2) is 42.5 Å². The van der Waals surface area contributed by atoms with E-state index >= 15 is 0 Å². The average Bonchev–Trinajstić information content (AvgIpc) is 2.76. The second kappa shape index (κ2) is 11.6. The quantitative estimate of drug-likeness (QED) is 0.565. The van der Waals surface area contributed by atoms with Gasteiger partial charge in [-0.05, 0) is 71.2 Å². The number of alkyl carbamates (subject to hydrolysis) is 1. The lowest BCUT2D eigenvalue weighted by molar-refractivity contribution is -0.140. The molecule has 0 spiro atoms. The zero-order valence-corrected chi connectivity index (χ0v) is 21.6. The summed E-state index contributed by atoms with van der Waals surface area (Å²) in [5, 5.41) is 5.49. The molecular weight excluding hydrogens is 442 g/mol. The number of terminal acetylenes is 1. The number of nitrogens with zero attached hydrogens (tertiary/aromatic N) is 1. The molecule has 2 aromatic rings. The van der Waals surface area contributed by atoms with Crippen LogP contribution < -0.4 is 10.6 Å². The lowest BCUT2D eigenvalue weighted by Crippen LogP contribution is -2.49. The van der Waals surface area contributed by atoms with Crippen LogP contribution in [0.4, 0.5) is 10.5 Å². The third kappa shape index (κ3) is 7.35. The van der Waals surface area contributed by atoms with Crippen molar-refractivity contribution in [3.8, 4) is 12.3 Å². The number of hydrogen-bond acceptors (Lipinski definition) is 4. The SMILES string of the molecule is C#Cc1ccccc1C(C(=O)Nc1c(C)cccc1C)N(C(=O)CNC(=O)OC(C)(C)C)C(C)C. The summed E-state index contributed by atoms with van der Waals surface area (Å²) in [6.07, 6.45) is 5.03. The third-order valence-corrected chi connectivity index (χ3v) is 5.29. The molecule has 0 fully saturated rings. The van der Waals surface area contributed by atoms with E-state index in [1.165, 1.54) is 4.90 Å². The molecule has 0 aliphatic rings. The van der Waals surface area contributed by atoms with Crippen LogP contribution >= 0.6 is 0 Å². The van der Waals surface area contributed by atoms with Gasteiger partial charge in [0, 0.05) is 17.3 Å². The summed E-state index contributed by atoms with van der Waals surface area (Å²) in [6.45, 7) is 12.3. The summed E-state index contributed by atoms with van der Waals surface area (Å²) in [6, 6.07) is 11.4. The fourth-order valence-electron chi connectivity index (χ4n) is 3.77. The molecule has 35 heavy (non-hydrogen) atoms. The maximum absolute atomic E-state index is 13.8. The van der Waals surface area contributed by atoms with Gasteiger partial charge in [-0.15, -0.1) is 6.42 Å². The van der Waals surface area contributed by atoms with Crippen LogP contribution in [0, 0.1) is 26.2 Å². The van der Waals surface area contributed by atoms with Gasteiger partial charge in [0.25, 0.3) is 5.91 Å². The van der Waals surface area contributed by atoms with Crippen molar-refractivity contribution in [3.05, 3.63) is 64.7 Å². The lowest BCUT2D eigenvalue weighted by Gasteiger charge is -2.35. The molecule has 186 valence electrons. The predicted molar refractivity (Wildman–Crippen MR) is 138 cm³/mol. The van der Waals surface area contributed by atoms with Crippen LogP contribution in [0.2, 0.25) is 0 Å². The Kier molecular flexibility index (Phi) is 9.07. The number of nitrogens with one attached hydrogen (secondary N) is 2. The third-order valence-electron chi connectivity index (χ3n) is 5.29. The van der Waals surface area contributed by atoms with Crippen molar-refractivity contribution in [2.75, 3.05) is 11.9 Å². The van der Waals surface area contributed by atoms with Gasteiger partial charge in [0.15, 0.2) is 0 Å². The first-order chi connectivity index (χ1) is 16.4. The molecule has 2 aromatic carbocycles. The van der Waals surface area contributed by atoms with Crippen LogP contribution in [-0.4, -0.2) is 41.0 Å². The number of anilines is 1. The Labute approximate surface area is 208 Å². The van der Waals surface area contributed by atoms with Crippen molar-refractivity contribution < 1.29 is 19.1 Å². The minimum atomic E-state index is -1.02. The van der Waals surface area contributed by atoms with E-state index in [4.69, 9.17) is 11.2 Å². The number of rotatable bonds is 7. The Hall–Kier alpha value is -3.79. The average molecular weight is 478 g/mol. The molecule has 1 atom stereocenters. The Bertz CT molecular complexity index is 1110. The smallest absolute Gasteiger partial charge is 0.408 e. The maximum atomic E-state index is 13.8. The molecular formula is C28H35N3O4. The fraction of sp³-hybridized carbons (Fsp3) is 0.393. The number of amides is 3. The molecule has 1 unspecified atom stereocenters. The van der Waals surface area contributed by atoms with E-state index in [0.717, 1.165) is 11.1 Å². The summed E-state index contributed by atoms with van der Waals surface area (Å²) in [5.41, 5.74) is 2.81. The summed E-state index contributed by atoms with van der Waals surface area (Å²) in [5.74, 6) is 1.77. The predicted octanol–water partition coefficient (Wildman–Crippen LogP) is 4.73. The van der Waals surface area contributed by atoms with Gasteiger partial charge in [-0.25, -0.2) is 4.79 Å². The van der Waals surface area contributed by atoms with Crippen molar-refractivity contribution in [1.29, 1.82) is 0 Å². The zero-order chi connectivity index (χ0) is 26.3. The van der Waals surface area contributed by atoms with Crippen molar-refractivity contribution in [1.82, 2.24) is 10.2 Å². The molecule has 2 rings (SSSR count). The van der Waals surface area contributed by atoms with Crippen molar-refractivity contribution in [3.63, 3.8) is 0 Å². The van der Waals surface area contributed by atoms with E-state index in [1.54, 1.807) is 45.0 Å². The van der Waals surface area contributed by atoms with Gasteiger partial charge in [-0.3, -0.25) is 9.59 Å². The Morgan fingerprint density at radius 3 is 2.17 bits per heavy atom. The standard InChI is InChI=1S/C28H35N3O4/c1-9-21-15-10-11-16-22(21)25(26(33)30-24-19(4)13-12-14-20(24)5)31(18(2)3)23(32)17-29-27(34)35-28(6,7)8/h1,10-16,18,25H,17H2,2-8H3,(H,29,34)(H,30,33). The van der Waals surface area contributed by atoms with Crippen LogP contribution in [0.25, 0.3) is 0 Å². The minimum Gasteiger partial charge on any atom is -0.444 e. The zero-order valence-electron chi connectivity index (χ0n) is 21.6. The van der Waals surface area contributed by atoms with Crippen LogP contribution in [-0.2, 0) is 14.3 Å². The number of carbonyl (C=O) groups excluding carboxylic acids is 3. The van der Waals surface area contributed by atoms with Gasteiger partial charge < -0.3 is 20.3 Å². The second-order valence-corrected chi connectivity index (χ2v) is 9.64. The molecule has 0 aliphatic heterocycles. The first-order valence-corrected chi connectivity index (χ1v) is 11.6. The molecule has 0 heterocycles. The summed E-state index contributed by atoms with van der Waals surface area (Å²) in [4.78, 5) is 40.7. The highest BCUT2D eigenvalue weighted by Gasteiger charge is 2.35. The van der Waals surface area contributed by atoms with Crippen molar-refractivity contribution in [2.45, 2.75) is 66.2 Å². The first kappa shape index (κ1) is 27.5. The molecule has 0 aliphatic carbocycles. The van der Waals surface area contributed by atoms with Crippen LogP contribution in [0.5, 0.6) is 0 Å². The maximum Gasteiger partial charge on any atom is 0.408 e. The molecule has 7 heteroatoms. The molecule has 0 radical (unpaired) electrons. The van der Waals surface area contributed by atoms with Crippen LogP contribution in [0.1, 0.15) is 62.9 Å². The van der Waals surface area contributed by atoms with E-state index in [2.05, 4.69) is 16.6 Å². The molecule has 0 aromatic heterocycles. The highest BCUT2D eigenvalue weighted by Crippen LogP contribution is 2.29. The molecule has 0 saturated carbocycles. The number of hydrogen-bond donors (Lipinski definition) is 2. The Balaban J connectivity index is 2.46. The molecule has 3 amide bonds. The summed E-state index contributed by atoms with van der Waals surface area (Å²) >= 11 is 0. The van der Waals surface area contributed by atoms with Gasteiger partial charge in [0.1, 0.15) is 18.2 Å². The largest absolute Gasteiger partial charge is 0.444 e. The summed E-state index contributed by atoms with van der Waals surface area (Å²) < 4.78 is 5.24. The number of para-hydroxylation sites is 1. The number of benzene rings is 2. The minimum absolute atomic E-state index is 0.335. The lowest BCUT2D eigenvalue weighted by atomic mass is 9.96. The molecule has 0 bridgehead atoms. The normalized spacial score (nSPS) is 11.9. The topological polar surface area (TPSA) is 87.7 Å². The van der Waals surface area contributed by atoms with E-state index < -0.39 is 29.6 Å². The summed E-state index contributed by atoms with van der Waals surface area (Å²) in [7, 11) is 0. The number of ether oxygens (including phenoxy) is 1. The van der Waals surface area contributed by atoms with Gasteiger partial charge in [-0.1, -0.05) is 42.3 Å². The Morgan fingerprint density at radius 1 is 1.03 bits per heavy atom. The van der Waals surface area contributed by atoms with E-state index in [0.29, 0.717) is 16.8 Å². The monoisotopic (exact) mass is 477 g/mol. The highest BCUT2D eigenvalue weighted by molar-refractivity contribution is 5.99. The van der Waals surface area contributed by atoms with Crippen molar-refractivity contribution >= 4 is 23.6 Å². The van der Waals surface area contributed by atoms with E-state index in [9.17, 15) is 14.4 Å². The van der Waals surface area contributed by atoms with Crippen molar-refractivity contribution in [2.24, 2.45) is 0 Å². The van der Waals surface area contributed by atoms with E-state index in [1.807, 2.05) is 45.9 Å². The Morgan fingerprint density at radius 2 is 1.63 bits per heavy atom. The number of aryl methyl sites for hydroxylation is 2. The highest BCUT2D eigenvalue weighted by atomic mass is 16.6.